The molecule has 0 saturated heterocycles. The van der Waals surface area contributed by atoms with Crippen LogP contribution in [-0.4, -0.2) is 19.1 Å². The fourth-order valence-electron chi connectivity index (χ4n) is 1.27. The maximum atomic E-state index is 11.7. The number of carbonyl (C=O) groups excluding carboxylic acids is 1. The minimum absolute atomic E-state index is 0. The monoisotopic (exact) mass is 292 g/mol. The number of anilines is 1. The van der Waals surface area contributed by atoms with Crippen molar-refractivity contribution in [1.82, 2.24) is 0 Å². The molecule has 0 bridgehead atoms. The number of benzene rings is 1. The van der Waals surface area contributed by atoms with E-state index in [-0.39, 0.29) is 24.2 Å². The van der Waals surface area contributed by atoms with E-state index in [0.717, 1.165) is 0 Å². The standard InChI is InChI=1S/C12H17ClN2O2.ClH/c1-7(2)11(14)12(16)15-8-4-5-9(13)10(6-8)17-3;/h4-7,11H,14H2,1-3H3,(H,15,16);1H/t11-;/m0./s1. The third-order valence-corrected chi connectivity index (χ3v) is 2.75. The lowest BCUT2D eigenvalue weighted by molar-refractivity contribution is -0.118. The lowest BCUT2D eigenvalue weighted by atomic mass is 10.0. The van der Waals surface area contributed by atoms with Gasteiger partial charge in [-0.25, -0.2) is 0 Å². The zero-order chi connectivity index (χ0) is 13.0. The molecule has 6 heteroatoms. The molecule has 0 unspecified atom stereocenters. The summed E-state index contributed by atoms with van der Waals surface area (Å²) in [5.74, 6) is 0.385. The molecule has 0 aromatic heterocycles. The van der Waals surface area contributed by atoms with E-state index in [4.69, 9.17) is 22.1 Å². The quantitative estimate of drug-likeness (QED) is 0.897. The molecule has 4 nitrogen and oxygen atoms in total. The van der Waals surface area contributed by atoms with Crippen molar-refractivity contribution in [3.05, 3.63) is 23.2 Å². The number of nitrogens with two attached hydrogens (primary N) is 1. The van der Waals surface area contributed by atoms with Crippen LogP contribution in [0.3, 0.4) is 0 Å². The topological polar surface area (TPSA) is 64.3 Å². The molecule has 0 spiro atoms. The summed E-state index contributed by atoms with van der Waals surface area (Å²) < 4.78 is 5.06. The molecule has 1 atom stereocenters. The summed E-state index contributed by atoms with van der Waals surface area (Å²) in [6.07, 6.45) is 0. The first-order chi connectivity index (χ1) is 7.95. The highest BCUT2D eigenvalue weighted by atomic mass is 35.5. The van der Waals surface area contributed by atoms with Gasteiger partial charge in [-0.05, 0) is 18.1 Å². The summed E-state index contributed by atoms with van der Waals surface area (Å²) in [5.41, 5.74) is 6.36. The Morgan fingerprint density at radius 2 is 2.06 bits per heavy atom. The molecule has 1 aromatic carbocycles. The van der Waals surface area contributed by atoms with Crippen LogP contribution in [0, 0.1) is 5.92 Å². The van der Waals surface area contributed by atoms with Gasteiger partial charge in [0.05, 0.1) is 18.2 Å². The molecule has 1 amide bonds. The van der Waals surface area contributed by atoms with Crippen molar-refractivity contribution in [1.29, 1.82) is 0 Å². The predicted molar refractivity (Wildman–Crippen MR) is 76.7 cm³/mol. The summed E-state index contributed by atoms with van der Waals surface area (Å²) in [7, 11) is 1.52. The number of amides is 1. The second kappa shape index (κ2) is 7.46. The summed E-state index contributed by atoms with van der Waals surface area (Å²) in [6, 6.07) is 4.50. The van der Waals surface area contributed by atoms with Gasteiger partial charge < -0.3 is 15.8 Å². The molecular formula is C12H18Cl2N2O2. The van der Waals surface area contributed by atoms with Crippen molar-refractivity contribution in [2.75, 3.05) is 12.4 Å². The van der Waals surface area contributed by atoms with Gasteiger partial charge in [0.25, 0.3) is 0 Å². The van der Waals surface area contributed by atoms with Crippen molar-refractivity contribution in [3.8, 4) is 5.75 Å². The second-order valence-electron chi connectivity index (χ2n) is 4.11. The van der Waals surface area contributed by atoms with Gasteiger partial charge in [-0.1, -0.05) is 25.4 Å². The van der Waals surface area contributed by atoms with Crippen molar-refractivity contribution >= 4 is 35.6 Å². The Bertz CT molecular complexity index is 411. The number of hydrogen-bond acceptors (Lipinski definition) is 3. The van der Waals surface area contributed by atoms with Gasteiger partial charge in [0, 0.05) is 11.8 Å². The van der Waals surface area contributed by atoms with Crippen LogP contribution in [-0.2, 0) is 4.79 Å². The summed E-state index contributed by atoms with van der Waals surface area (Å²) in [5, 5.41) is 3.22. The van der Waals surface area contributed by atoms with E-state index < -0.39 is 6.04 Å². The van der Waals surface area contributed by atoms with E-state index in [1.807, 2.05) is 13.8 Å². The Morgan fingerprint density at radius 3 is 2.56 bits per heavy atom. The van der Waals surface area contributed by atoms with E-state index in [1.165, 1.54) is 7.11 Å². The molecule has 1 rings (SSSR count). The van der Waals surface area contributed by atoms with Gasteiger partial charge in [-0.2, -0.15) is 0 Å². The van der Waals surface area contributed by atoms with Crippen LogP contribution in [0.15, 0.2) is 18.2 Å². The molecule has 0 saturated carbocycles. The maximum absolute atomic E-state index is 11.7. The first kappa shape index (κ1) is 17.0. The minimum atomic E-state index is -0.531. The third-order valence-electron chi connectivity index (χ3n) is 2.44. The van der Waals surface area contributed by atoms with Gasteiger partial charge in [0.15, 0.2) is 0 Å². The number of hydrogen-bond donors (Lipinski definition) is 2. The van der Waals surface area contributed by atoms with Crippen LogP contribution in [0.1, 0.15) is 13.8 Å². The van der Waals surface area contributed by atoms with Crippen molar-refractivity contribution in [2.45, 2.75) is 19.9 Å². The van der Waals surface area contributed by atoms with Gasteiger partial charge in [0.1, 0.15) is 5.75 Å². The van der Waals surface area contributed by atoms with Crippen molar-refractivity contribution in [3.63, 3.8) is 0 Å². The second-order valence-corrected chi connectivity index (χ2v) is 4.52. The molecule has 1 aromatic rings. The highest BCUT2D eigenvalue weighted by molar-refractivity contribution is 6.32. The van der Waals surface area contributed by atoms with Crippen LogP contribution in [0.25, 0.3) is 0 Å². The molecule has 0 radical (unpaired) electrons. The Hall–Kier alpha value is -0.970. The van der Waals surface area contributed by atoms with E-state index in [9.17, 15) is 4.79 Å². The van der Waals surface area contributed by atoms with Gasteiger partial charge in [-0.3, -0.25) is 4.79 Å². The number of carbonyl (C=O) groups is 1. The lowest BCUT2D eigenvalue weighted by Gasteiger charge is -2.15. The molecule has 0 aliphatic heterocycles. The fourth-order valence-corrected chi connectivity index (χ4v) is 1.46. The molecular weight excluding hydrogens is 275 g/mol. The van der Waals surface area contributed by atoms with Gasteiger partial charge in [-0.15, -0.1) is 12.4 Å². The maximum Gasteiger partial charge on any atom is 0.241 e. The SMILES string of the molecule is COc1cc(NC(=O)[C@@H](N)C(C)C)ccc1Cl.Cl. The van der Waals surface area contributed by atoms with Gasteiger partial charge in [0.2, 0.25) is 5.91 Å². The fraction of sp³-hybridized carbons (Fsp3) is 0.417. The Kier molecular flexibility index (Phi) is 7.06. The zero-order valence-electron chi connectivity index (χ0n) is 10.6. The normalized spacial score (nSPS) is 11.7. The van der Waals surface area contributed by atoms with E-state index in [2.05, 4.69) is 5.32 Å². The molecule has 0 fully saturated rings. The number of rotatable bonds is 4. The highest BCUT2D eigenvalue weighted by Crippen LogP contribution is 2.27. The lowest BCUT2D eigenvalue weighted by Crippen LogP contribution is -2.39. The Labute approximate surface area is 118 Å². The van der Waals surface area contributed by atoms with Crippen LogP contribution in [0.4, 0.5) is 5.69 Å². The zero-order valence-corrected chi connectivity index (χ0v) is 12.1. The molecule has 0 heterocycles. The van der Waals surface area contributed by atoms with E-state index in [0.29, 0.717) is 16.5 Å². The minimum Gasteiger partial charge on any atom is -0.495 e. The summed E-state index contributed by atoms with van der Waals surface area (Å²) in [4.78, 5) is 11.7. The molecule has 3 N–H and O–H groups in total. The van der Waals surface area contributed by atoms with E-state index >= 15 is 0 Å². The molecule has 0 aliphatic carbocycles. The van der Waals surface area contributed by atoms with E-state index in [1.54, 1.807) is 18.2 Å². The van der Waals surface area contributed by atoms with Crippen LogP contribution < -0.4 is 15.8 Å². The number of methoxy groups -OCH3 is 1. The largest absolute Gasteiger partial charge is 0.495 e. The van der Waals surface area contributed by atoms with Crippen LogP contribution in [0.2, 0.25) is 5.02 Å². The number of nitrogens with one attached hydrogen (secondary N) is 1. The molecule has 18 heavy (non-hydrogen) atoms. The summed E-state index contributed by atoms with van der Waals surface area (Å²) in [6.45, 7) is 3.79. The van der Waals surface area contributed by atoms with Gasteiger partial charge >= 0.3 is 0 Å². The number of ether oxygens (including phenoxy) is 1. The van der Waals surface area contributed by atoms with Crippen molar-refractivity contribution < 1.29 is 9.53 Å². The smallest absolute Gasteiger partial charge is 0.241 e. The Balaban J connectivity index is 0.00000289. The number of halogens is 2. The van der Waals surface area contributed by atoms with Crippen LogP contribution in [0.5, 0.6) is 5.75 Å². The highest BCUT2D eigenvalue weighted by Gasteiger charge is 2.17. The average Bonchev–Trinajstić information content (AvgIpc) is 2.30. The predicted octanol–water partition coefficient (Wildman–Crippen LogP) is 2.69. The average molecular weight is 293 g/mol. The third kappa shape index (κ3) is 4.37. The van der Waals surface area contributed by atoms with Crippen LogP contribution >= 0.6 is 24.0 Å². The first-order valence-electron chi connectivity index (χ1n) is 5.35. The summed E-state index contributed by atoms with van der Waals surface area (Å²) >= 11 is 5.88. The molecule has 102 valence electrons. The first-order valence-corrected chi connectivity index (χ1v) is 5.73. The Morgan fingerprint density at radius 1 is 1.44 bits per heavy atom. The van der Waals surface area contributed by atoms with Crippen molar-refractivity contribution in [2.24, 2.45) is 11.7 Å². The molecule has 0 aliphatic rings.